The Kier molecular flexibility index (Phi) is 9.20. The third-order valence-electron chi connectivity index (χ3n) is 2.52. The predicted molar refractivity (Wildman–Crippen MR) is 79.3 cm³/mol. The summed E-state index contributed by atoms with van der Waals surface area (Å²) in [5.74, 6) is 0.710. The van der Waals surface area contributed by atoms with Crippen LogP contribution in [0.5, 0.6) is 5.75 Å². The van der Waals surface area contributed by atoms with Gasteiger partial charge in [-0.05, 0) is 24.3 Å². The zero-order valence-corrected chi connectivity index (χ0v) is 14.2. The molecule has 1 heterocycles. The normalized spacial score (nSPS) is 10.8. The van der Waals surface area contributed by atoms with Crippen LogP contribution in [0.25, 0.3) is 0 Å². The summed E-state index contributed by atoms with van der Waals surface area (Å²) in [4.78, 5) is 0. The minimum absolute atomic E-state index is 0. The summed E-state index contributed by atoms with van der Waals surface area (Å²) in [6.45, 7) is 0.766. The summed E-state index contributed by atoms with van der Waals surface area (Å²) in [6, 6.07) is 12.9. The average Bonchev–Trinajstić information content (AvgIpc) is 2.39. The number of halogens is 2. The van der Waals surface area contributed by atoms with Gasteiger partial charge in [-0.25, -0.2) is 4.57 Å². The molecule has 3 N–H and O–H groups in total. The molecule has 1 aromatic carbocycles. The number of rotatable bonds is 5. The van der Waals surface area contributed by atoms with Gasteiger partial charge in [0, 0.05) is 17.8 Å². The SMILES string of the molecule is Br.Nc1ccc(OCC(O)C[n+]2ccccc2)cc1.[Br-]. The molecule has 0 aliphatic carbocycles. The molecule has 1 aromatic heterocycles. The van der Waals surface area contributed by atoms with Crippen LogP contribution in [0.3, 0.4) is 0 Å². The van der Waals surface area contributed by atoms with E-state index < -0.39 is 6.10 Å². The third kappa shape index (κ3) is 6.36. The van der Waals surface area contributed by atoms with E-state index in [-0.39, 0.29) is 40.6 Å². The van der Waals surface area contributed by atoms with E-state index in [9.17, 15) is 5.11 Å². The van der Waals surface area contributed by atoms with Crippen molar-refractivity contribution < 1.29 is 31.4 Å². The number of aromatic nitrogens is 1. The van der Waals surface area contributed by atoms with E-state index in [0.29, 0.717) is 18.0 Å². The first kappa shape index (κ1) is 18.9. The number of aliphatic hydroxyl groups is 1. The van der Waals surface area contributed by atoms with Crippen LogP contribution in [0, 0.1) is 0 Å². The van der Waals surface area contributed by atoms with Gasteiger partial charge in [0.15, 0.2) is 18.9 Å². The molecule has 1 unspecified atom stereocenters. The van der Waals surface area contributed by atoms with Crippen molar-refractivity contribution in [3.63, 3.8) is 0 Å². The molecule has 0 aliphatic heterocycles. The first-order valence-corrected chi connectivity index (χ1v) is 5.84. The molecule has 6 heteroatoms. The lowest BCUT2D eigenvalue weighted by Crippen LogP contribution is -3.00. The van der Waals surface area contributed by atoms with Gasteiger partial charge in [-0.15, -0.1) is 17.0 Å². The molecule has 4 nitrogen and oxygen atoms in total. The predicted octanol–water partition coefficient (Wildman–Crippen LogP) is -1.42. The Morgan fingerprint density at radius 2 is 1.70 bits per heavy atom. The van der Waals surface area contributed by atoms with Crippen molar-refractivity contribution in [3.8, 4) is 5.75 Å². The van der Waals surface area contributed by atoms with Crippen LogP contribution in [0.1, 0.15) is 0 Å². The molecule has 20 heavy (non-hydrogen) atoms. The number of anilines is 1. The monoisotopic (exact) mass is 404 g/mol. The fourth-order valence-corrected chi connectivity index (χ4v) is 1.61. The van der Waals surface area contributed by atoms with Crippen LogP contribution >= 0.6 is 17.0 Å². The summed E-state index contributed by atoms with van der Waals surface area (Å²) in [7, 11) is 0. The fraction of sp³-hybridized carbons (Fsp3) is 0.214. The van der Waals surface area contributed by atoms with Crippen molar-refractivity contribution in [2.45, 2.75) is 12.6 Å². The van der Waals surface area contributed by atoms with Crippen molar-refractivity contribution in [1.82, 2.24) is 0 Å². The number of nitrogens with two attached hydrogens (primary N) is 1. The number of aliphatic hydroxyl groups excluding tert-OH is 1. The maximum atomic E-state index is 9.85. The maximum Gasteiger partial charge on any atom is 0.177 e. The Bertz CT molecular complexity index is 480. The standard InChI is InChI=1S/C14H17N2O2.2BrH/c15-12-4-6-14(7-5-12)18-11-13(17)10-16-8-2-1-3-9-16;;/h1-9,13,17H,10-11,15H2;2*1H/q+1;;/p-1. The van der Waals surface area contributed by atoms with E-state index in [0.717, 1.165) is 0 Å². The van der Waals surface area contributed by atoms with Gasteiger partial charge in [-0.3, -0.25) is 0 Å². The van der Waals surface area contributed by atoms with E-state index in [1.54, 1.807) is 24.3 Å². The van der Waals surface area contributed by atoms with Crippen molar-refractivity contribution in [3.05, 3.63) is 54.9 Å². The van der Waals surface area contributed by atoms with E-state index in [1.165, 1.54) is 0 Å². The molecule has 0 spiro atoms. The molecular formula is C14H18Br2N2O2. The van der Waals surface area contributed by atoms with Crippen molar-refractivity contribution in [2.24, 2.45) is 0 Å². The van der Waals surface area contributed by atoms with Gasteiger partial charge in [0.2, 0.25) is 0 Å². The highest BCUT2D eigenvalue weighted by Gasteiger charge is 2.11. The Hall–Kier alpha value is -1.11. The number of ether oxygens (including phenoxy) is 1. The van der Waals surface area contributed by atoms with Crippen molar-refractivity contribution >= 4 is 22.7 Å². The molecule has 110 valence electrons. The molecule has 2 aromatic rings. The molecule has 0 bridgehead atoms. The highest BCUT2D eigenvalue weighted by atomic mass is 79.9. The van der Waals surface area contributed by atoms with Crippen LogP contribution in [-0.4, -0.2) is 17.8 Å². The van der Waals surface area contributed by atoms with Gasteiger partial charge in [0.05, 0.1) is 0 Å². The highest BCUT2D eigenvalue weighted by Crippen LogP contribution is 2.13. The van der Waals surface area contributed by atoms with Gasteiger partial charge in [-0.2, -0.15) is 0 Å². The lowest BCUT2D eigenvalue weighted by atomic mass is 10.3. The molecule has 0 aliphatic rings. The van der Waals surface area contributed by atoms with E-state index in [4.69, 9.17) is 10.5 Å². The highest BCUT2D eigenvalue weighted by molar-refractivity contribution is 8.93. The first-order chi connectivity index (χ1) is 8.74. The average molecular weight is 406 g/mol. The summed E-state index contributed by atoms with van der Waals surface area (Å²) < 4.78 is 7.39. The first-order valence-electron chi connectivity index (χ1n) is 5.84. The van der Waals surface area contributed by atoms with Gasteiger partial charge in [0.1, 0.15) is 18.5 Å². The summed E-state index contributed by atoms with van der Waals surface area (Å²) in [6.07, 6.45) is 3.27. The molecule has 1 atom stereocenters. The third-order valence-corrected chi connectivity index (χ3v) is 2.52. The van der Waals surface area contributed by atoms with Gasteiger partial charge in [-0.1, -0.05) is 6.07 Å². The molecule has 0 amide bonds. The maximum absolute atomic E-state index is 9.85. The van der Waals surface area contributed by atoms with E-state index >= 15 is 0 Å². The Morgan fingerprint density at radius 3 is 2.30 bits per heavy atom. The quantitative estimate of drug-likeness (QED) is 0.474. The summed E-state index contributed by atoms with van der Waals surface area (Å²) in [5, 5.41) is 9.85. The van der Waals surface area contributed by atoms with E-state index in [2.05, 4.69) is 0 Å². The summed E-state index contributed by atoms with van der Waals surface area (Å²) >= 11 is 0. The molecule has 2 rings (SSSR count). The second-order valence-corrected chi connectivity index (χ2v) is 4.11. The minimum atomic E-state index is -0.546. The zero-order chi connectivity index (χ0) is 12.8. The Labute approximate surface area is 139 Å². The summed E-state index contributed by atoms with van der Waals surface area (Å²) in [5.41, 5.74) is 6.27. The van der Waals surface area contributed by atoms with Crippen LogP contribution < -0.4 is 32.0 Å². The Morgan fingerprint density at radius 1 is 1.10 bits per heavy atom. The second-order valence-electron chi connectivity index (χ2n) is 4.11. The van der Waals surface area contributed by atoms with Crippen molar-refractivity contribution in [2.75, 3.05) is 12.3 Å². The lowest BCUT2D eigenvalue weighted by Gasteiger charge is -2.10. The number of pyridine rings is 1. The van der Waals surface area contributed by atoms with Gasteiger partial charge in [0.25, 0.3) is 0 Å². The van der Waals surface area contributed by atoms with Crippen LogP contribution in [0.15, 0.2) is 54.9 Å². The van der Waals surface area contributed by atoms with E-state index in [1.807, 2.05) is 35.2 Å². The topological polar surface area (TPSA) is 59.4 Å². The zero-order valence-electron chi connectivity index (χ0n) is 10.9. The Balaban J connectivity index is 0.00000180. The molecule has 0 saturated carbocycles. The van der Waals surface area contributed by atoms with Gasteiger partial charge >= 0.3 is 0 Å². The number of hydrogen-bond donors (Lipinski definition) is 2. The second kappa shape index (κ2) is 9.74. The fourth-order valence-electron chi connectivity index (χ4n) is 1.61. The lowest BCUT2D eigenvalue weighted by molar-refractivity contribution is -0.703. The minimum Gasteiger partial charge on any atom is -1.00 e. The molecule has 0 radical (unpaired) electrons. The number of nitrogens with zero attached hydrogens (tertiary/aromatic N) is 1. The number of nitrogen functional groups attached to an aromatic ring is 1. The largest absolute Gasteiger partial charge is 1.00 e. The molecule has 0 fully saturated rings. The molecule has 0 saturated heterocycles. The van der Waals surface area contributed by atoms with Crippen molar-refractivity contribution in [1.29, 1.82) is 0 Å². The van der Waals surface area contributed by atoms with Crippen LogP contribution in [0.2, 0.25) is 0 Å². The number of hydrogen-bond acceptors (Lipinski definition) is 3. The van der Waals surface area contributed by atoms with Crippen LogP contribution in [0.4, 0.5) is 5.69 Å². The van der Waals surface area contributed by atoms with Crippen LogP contribution in [-0.2, 0) is 6.54 Å². The molecular weight excluding hydrogens is 388 g/mol. The number of benzene rings is 1. The van der Waals surface area contributed by atoms with Gasteiger partial charge < -0.3 is 32.6 Å². The smallest absolute Gasteiger partial charge is 0.177 e.